The lowest BCUT2D eigenvalue weighted by Crippen LogP contribution is -2.31. The summed E-state index contributed by atoms with van der Waals surface area (Å²) in [5.74, 6) is -0.995. The fourth-order valence-electron chi connectivity index (χ4n) is 3.64. The number of nitrogens with two attached hydrogens (primary N) is 1. The minimum absolute atomic E-state index is 0.0200. The highest BCUT2D eigenvalue weighted by Crippen LogP contribution is 2.66. The molecule has 1 saturated heterocycles. The van der Waals surface area contributed by atoms with Crippen LogP contribution in [0.1, 0.15) is 28.8 Å². The molecule has 3 unspecified atom stereocenters. The fourth-order valence-corrected chi connectivity index (χ4v) is 6.67. The maximum Gasteiger partial charge on any atom is 0.490 e. The van der Waals surface area contributed by atoms with Gasteiger partial charge in [-0.1, -0.05) is 5.11 Å². The molecule has 0 spiro atoms. The van der Waals surface area contributed by atoms with Gasteiger partial charge in [0.25, 0.3) is 0 Å². The molecule has 1 aliphatic rings. The number of hydrogen-bond acceptors (Lipinski definition) is 16. The van der Waals surface area contributed by atoms with Crippen LogP contribution >= 0.6 is 23.5 Å². The van der Waals surface area contributed by atoms with Crippen molar-refractivity contribution in [1.82, 2.24) is 29.5 Å². The van der Waals surface area contributed by atoms with E-state index in [2.05, 4.69) is 48.1 Å². The van der Waals surface area contributed by atoms with Gasteiger partial charge in [0.1, 0.15) is 30.3 Å². The van der Waals surface area contributed by atoms with Crippen LogP contribution in [0.4, 0.5) is 5.82 Å². The highest BCUT2D eigenvalue weighted by atomic mass is 31.3. The van der Waals surface area contributed by atoms with Gasteiger partial charge in [-0.05, 0) is 5.53 Å². The molecule has 5 atom stereocenters. The Morgan fingerprint density at radius 3 is 2.57 bits per heavy atom. The number of nitrogens with zero attached hydrogens (tertiary/aromatic N) is 9. The molecule has 3 aromatic heterocycles. The van der Waals surface area contributed by atoms with Crippen LogP contribution < -0.4 is 5.73 Å². The second-order valence-electron chi connectivity index (χ2n) is 8.02. The van der Waals surface area contributed by atoms with Crippen molar-refractivity contribution in [2.75, 3.05) is 12.3 Å². The Morgan fingerprint density at radius 1 is 1.12 bits per heavy atom. The van der Waals surface area contributed by atoms with E-state index in [0.717, 1.165) is 6.33 Å². The van der Waals surface area contributed by atoms with Crippen LogP contribution in [0.5, 0.6) is 0 Å². The summed E-state index contributed by atoms with van der Waals surface area (Å²) in [6.07, 6.45) is 1.10. The Bertz CT molecular complexity index is 1680. The Balaban J connectivity index is 1.57. The lowest BCUT2D eigenvalue weighted by Gasteiger charge is -2.21. The van der Waals surface area contributed by atoms with Crippen LogP contribution in [0.25, 0.3) is 21.6 Å². The highest BCUT2D eigenvalue weighted by molar-refractivity contribution is 7.66. The molecule has 0 amide bonds. The second kappa shape index (κ2) is 12.4. The van der Waals surface area contributed by atoms with E-state index >= 15 is 0 Å². The van der Waals surface area contributed by atoms with Crippen molar-refractivity contribution in [2.24, 2.45) is 5.11 Å². The number of ether oxygens (including phenoxy) is 2. The fraction of sp³-hybridized carbons (Fsp3) is 0.375. The van der Waals surface area contributed by atoms with Crippen molar-refractivity contribution < 1.29 is 60.7 Å². The molecule has 0 radical (unpaired) electrons. The lowest BCUT2D eigenvalue weighted by molar-refractivity contribution is -0.0491. The van der Waals surface area contributed by atoms with Gasteiger partial charge < -0.3 is 34.8 Å². The van der Waals surface area contributed by atoms with Gasteiger partial charge in [-0.15, -0.1) is 0 Å². The number of hydrogen-bond donors (Lipinski definition) is 5. The summed E-state index contributed by atoms with van der Waals surface area (Å²) < 4.78 is 59.6. The standard InChI is InChI=1S/C16H19N10O13P3/c17-14-13-15(22-6-21-14)26(7-23-13)11-3-9(37-16(27)12-8(4-24-25-18)19-1-2-20-12)10(36-11)5-35-41(31,32)39-42(33,34)38-40(28,29)30/h1-2,6-7,9-11H,3-5H2,(H,31,32)(H,33,34)(H2,17,21,22)(H2,28,29,30)/t9?,10-,11-/m1/s1. The molecule has 42 heavy (non-hydrogen) atoms. The molecule has 3 aromatic rings. The van der Waals surface area contributed by atoms with Gasteiger partial charge >= 0.3 is 29.4 Å². The number of rotatable bonds is 12. The Labute approximate surface area is 232 Å². The van der Waals surface area contributed by atoms with E-state index in [1.165, 1.54) is 23.3 Å². The summed E-state index contributed by atoms with van der Waals surface area (Å²) in [5.41, 5.74) is 14.5. The van der Waals surface area contributed by atoms with Crippen LogP contribution in [0.15, 0.2) is 30.2 Å². The van der Waals surface area contributed by atoms with Crippen molar-refractivity contribution >= 4 is 46.4 Å². The highest BCUT2D eigenvalue weighted by Gasteiger charge is 2.44. The molecule has 0 aliphatic carbocycles. The number of esters is 1. The first-order valence-electron chi connectivity index (χ1n) is 11.1. The largest absolute Gasteiger partial charge is 0.490 e. The second-order valence-corrected chi connectivity index (χ2v) is 12.4. The number of imidazole rings is 1. The zero-order valence-electron chi connectivity index (χ0n) is 20.6. The van der Waals surface area contributed by atoms with Gasteiger partial charge in [0.2, 0.25) is 0 Å². The third kappa shape index (κ3) is 7.90. The van der Waals surface area contributed by atoms with Crippen molar-refractivity contribution in [3.05, 3.63) is 46.9 Å². The van der Waals surface area contributed by atoms with Gasteiger partial charge in [-0.2, -0.15) is 8.62 Å². The minimum Gasteiger partial charge on any atom is -0.455 e. The van der Waals surface area contributed by atoms with E-state index in [1.54, 1.807) is 0 Å². The zero-order chi connectivity index (χ0) is 30.7. The molecule has 1 fully saturated rings. The average Bonchev–Trinajstić information content (AvgIpc) is 3.49. The molecule has 6 N–H and O–H groups in total. The maximum absolute atomic E-state index is 13.0. The number of azide groups is 1. The van der Waals surface area contributed by atoms with Crippen LogP contribution in [-0.4, -0.2) is 73.8 Å². The van der Waals surface area contributed by atoms with E-state index in [-0.39, 0.29) is 41.3 Å². The van der Waals surface area contributed by atoms with E-state index in [0.29, 0.717) is 0 Å². The summed E-state index contributed by atoms with van der Waals surface area (Å²) in [5, 5.41) is 3.34. The minimum atomic E-state index is -5.79. The molecule has 0 saturated carbocycles. The summed E-state index contributed by atoms with van der Waals surface area (Å²) in [6, 6.07) is 0. The quantitative estimate of drug-likeness (QED) is 0.0595. The normalized spacial score (nSPS) is 21.8. The first-order valence-corrected chi connectivity index (χ1v) is 15.6. The summed E-state index contributed by atoms with van der Waals surface area (Å²) in [4.78, 5) is 72.1. The molecular formula is C16H19N10O13P3. The number of carbonyl (C=O) groups is 1. The number of carbonyl (C=O) groups excluding carboxylic acids is 1. The maximum atomic E-state index is 13.0. The van der Waals surface area contributed by atoms with Crippen LogP contribution in [0.3, 0.4) is 0 Å². The van der Waals surface area contributed by atoms with Crippen molar-refractivity contribution in [3.63, 3.8) is 0 Å². The number of aromatic nitrogens is 6. The van der Waals surface area contributed by atoms with Crippen LogP contribution in [0, 0.1) is 0 Å². The predicted molar refractivity (Wildman–Crippen MR) is 132 cm³/mol. The summed E-state index contributed by atoms with van der Waals surface area (Å²) >= 11 is 0. The smallest absolute Gasteiger partial charge is 0.455 e. The van der Waals surface area contributed by atoms with Gasteiger partial charge in [-0.3, -0.25) is 14.1 Å². The van der Waals surface area contributed by atoms with E-state index < -0.39 is 54.5 Å². The Morgan fingerprint density at radius 2 is 1.86 bits per heavy atom. The number of phosphoric ester groups is 1. The molecule has 226 valence electrons. The average molecular weight is 652 g/mol. The van der Waals surface area contributed by atoms with Gasteiger partial charge in [0.05, 0.1) is 25.2 Å². The first kappa shape index (κ1) is 31.5. The SMILES string of the molecule is [N-]=[N+]=NCc1nccnc1C(=O)OC1C[C@H](n2cnc3c(N)ncnc32)O[C@@H]1COP(=O)(O)OP(=O)(O)OP(=O)(O)O. The predicted octanol–water partition coefficient (Wildman–Crippen LogP) is 0.865. The zero-order valence-corrected chi connectivity index (χ0v) is 23.3. The summed E-state index contributed by atoms with van der Waals surface area (Å²) in [7, 11) is -16.9. The van der Waals surface area contributed by atoms with Crippen molar-refractivity contribution in [1.29, 1.82) is 0 Å². The molecule has 26 heteroatoms. The molecule has 0 bridgehead atoms. The molecule has 4 heterocycles. The Kier molecular flexibility index (Phi) is 9.33. The number of anilines is 1. The summed E-state index contributed by atoms with van der Waals surface area (Å²) in [6.45, 7) is -1.27. The van der Waals surface area contributed by atoms with Crippen molar-refractivity contribution in [2.45, 2.75) is 31.4 Å². The van der Waals surface area contributed by atoms with E-state index in [9.17, 15) is 28.3 Å². The van der Waals surface area contributed by atoms with Gasteiger partial charge in [-0.25, -0.2) is 38.4 Å². The van der Waals surface area contributed by atoms with Gasteiger partial charge in [0, 0.05) is 23.7 Å². The van der Waals surface area contributed by atoms with Gasteiger partial charge in [0.15, 0.2) is 17.2 Å². The molecule has 4 rings (SSSR count). The topological polar surface area (TPSA) is 340 Å². The van der Waals surface area contributed by atoms with Crippen LogP contribution in [-0.2, 0) is 42.9 Å². The number of phosphoric acid groups is 3. The molecular weight excluding hydrogens is 633 g/mol. The third-order valence-electron chi connectivity index (χ3n) is 5.21. The molecule has 23 nitrogen and oxygen atoms in total. The molecule has 0 aromatic carbocycles. The number of fused-ring (bicyclic) bond motifs is 1. The van der Waals surface area contributed by atoms with Crippen molar-refractivity contribution in [3.8, 4) is 0 Å². The Hall–Kier alpha value is -3.42. The van der Waals surface area contributed by atoms with E-state index in [4.69, 9.17) is 30.5 Å². The first-order chi connectivity index (χ1) is 19.7. The van der Waals surface area contributed by atoms with Crippen LogP contribution in [0.2, 0.25) is 0 Å². The lowest BCUT2D eigenvalue weighted by atomic mass is 10.2. The molecule has 1 aliphatic heterocycles. The third-order valence-corrected chi connectivity index (χ3v) is 9.01. The number of nitrogen functional groups attached to an aromatic ring is 1. The monoisotopic (exact) mass is 652 g/mol. The van der Waals surface area contributed by atoms with E-state index in [1.807, 2.05) is 0 Å².